The molecule has 2 rings (SSSR count). The summed E-state index contributed by atoms with van der Waals surface area (Å²) in [6, 6.07) is 0.440. The van der Waals surface area contributed by atoms with Crippen molar-refractivity contribution < 1.29 is 4.79 Å². The Morgan fingerprint density at radius 3 is 2.81 bits per heavy atom. The second-order valence-corrected chi connectivity index (χ2v) is 6.31. The summed E-state index contributed by atoms with van der Waals surface area (Å²) in [7, 11) is 0. The molecule has 0 bridgehead atoms. The Labute approximate surface area is 99.2 Å². The minimum absolute atomic E-state index is 0.291. The summed E-state index contributed by atoms with van der Waals surface area (Å²) in [4.78, 5) is 11.7. The van der Waals surface area contributed by atoms with Gasteiger partial charge in [0.25, 0.3) is 0 Å². The third-order valence-corrected chi connectivity index (χ3v) is 4.74. The van der Waals surface area contributed by atoms with Crippen LogP contribution in [0.4, 0.5) is 0 Å². The summed E-state index contributed by atoms with van der Waals surface area (Å²) in [6.45, 7) is 6.87. The molecule has 92 valence electrons. The van der Waals surface area contributed by atoms with Crippen molar-refractivity contribution >= 4 is 5.91 Å². The van der Waals surface area contributed by atoms with E-state index in [0.29, 0.717) is 29.2 Å². The van der Waals surface area contributed by atoms with Gasteiger partial charge in [-0.3, -0.25) is 4.79 Å². The van der Waals surface area contributed by atoms with Crippen LogP contribution in [-0.2, 0) is 4.79 Å². The van der Waals surface area contributed by atoms with Crippen molar-refractivity contribution in [2.24, 2.45) is 17.3 Å². The van der Waals surface area contributed by atoms with E-state index in [-0.39, 0.29) is 0 Å². The Morgan fingerprint density at radius 1 is 1.44 bits per heavy atom. The summed E-state index contributed by atoms with van der Waals surface area (Å²) in [6.07, 6.45) is 7.16. The van der Waals surface area contributed by atoms with Crippen LogP contribution < -0.4 is 5.32 Å². The first-order valence-corrected chi connectivity index (χ1v) is 6.84. The molecule has 2 fully saturated rings. The third-order valence-electron chi connectivity index (χ3n) is 4.74. The van der Waals surface area contributed by atoms with Crippen LogP contribution in [0.3, 0.4) is 0 Å². The van der Waals surface area contributed by atoms with Gasteiger partial charge >= 0.3 is 0 Å². The number of amides is 1. The molecule has 1 aliphatic heterocycles. The van der Waals surface area contributed by atoms with Crippen LogP contribution >= 0.6 is 0 Å². The molecule has 3 unspecified atom stereocenters. The van der Waals surface area contributed by atoms with Gasteiger partial charge in [-0.2, -0.15) is 0 Å². The van der Waals surface area contributed by atoms with Gasteiger partial charge in [-0.1, -0.05) is 40.0 Å². The van der Waals surface area contributed by atoms with Gasteiger partial charge in [0.05, 0.1) is 0 Å². The van der Waals surface area contributed by atoms with E-state index in [9.17, 15) is 4.79 Å². The number of hydrogen-bond donors (Lipinski definition) is 1. The van der Waals surface area contributed by atoms with Crippen molar-refractivity contribution in [3.05, 3.63) is 0 Å². The van der Waals surface area contributed by atoms with Crippen LogP contribution in [0.15, 0.2) is 0 Å². The standard InChI is InChI=1S/C14H25NO/c1-10(2)8-12-14(9-13(16)15-12)7-5-4-6-11(14)3/h10-12H,4-9H2,1-3H3,(H,15,16). The van der Waals surface area contributed by atoms with E-state index in [1.807, 2.05) is 0 Å². The highest BCUT2D eigenvalue weighted by Crippen LogP contribution is 2.50. The van der Waals surface area contributed by atoms with Crippen molar-refractivity contribution in [3.63, 3.8) is 0 Å². The molecule has 1 spiro atoms. The average molecular weight is 223 g/mol. The Morgan fingerprint density at radius 2 is 2.19 bits per heavy atom. The fourth-order valence-corrected chi connectivity index (χ4v) is 3.80. The van der Waals surface area contributed by atoms with Gasteiger partial charge in [-0.25, -0.2) is 0 Å². The zero-order chi connectivity index (χ0) is 11.8. The highest BCUT2D eigenvalue weighted by molar-refractivity contribution is 5.80. The van der Waals surface area contributed by atoms with Gasteiger partial charge in [0.2, 0.25) is 5.91 Å². The maximum absolute atomic E-state index is 11.7. The van der Waals surface area contributed by atoms with Crippen LogP contribution in [0.2, 0.25) is 0 Å². The molecule has 1 N–H and O–H groups in total. The van der Waals surface area contributed by atoms with Crippen molar-refractivity contribution in [1.29, 1.82) is 0 Å². The predicted molar refractivity (Wildman–Crippen MR) is 66.1 cm³/mol. The lowest BCUT2D eigenvalue weighted by Gasteiger charge is -2.43. The predicted octanol–water partition coefficient (Wildman–Crippen LogP) is 3.12. The van der Waals surface area contributed by atoms with E-state index in [2.05, 4.69) is 26.1 Å². The van der Waals surface area contributed by atoms with E-state index >= 15 is 0 Å². The lowest BCUT2D eigenvalue weighted by molar-refractivity contribution is -0.120. The largest absolute Gasteiger partial charge is 0.353 e. The van der Waals surface area contributed by atoms with Crippen molar-refractivity contribution in [1.82, 2.24) is 5.32 Å². The van der Waals surface area contributed by atoms with E-state index in [1.54, 1.807) is 0 Å². The van der Waals surface area contributed by atoms with Gasteiger partial charge in [-0.15, -0.1) is 0 Å². The molecule has 1 amide bonds. The fourth-order valence-electron chi connectivity index (χ4n) is 3.80. The van der Waals surface area contributed by atoms with Crippen LogP contribution in [0, 0.1) is 17.3 Å². The molecule has 1 heterocycles. The molecule has 0 aromatic rings. The number of rotatable bonds is 2. The zero-order valence-corrected chi connectivity index (χ0v) is 10.9. The van der Waals surface area contributed by atoms with Crippen LogP contribution in [0.1, 0.15) is 59.3 Å². The Kier molecular flexibility index (Phi) is 3.27. The lowest BCUT2D eigenvalue weighted by atomic mass is 9.61. The first-order chi connectivity index (χ1) is 7.54. The summed E-state index contributed by atoms with van der Waals surface area (Å²) in [5.74, 6) is 1.68. The van der Waals surface area contributed by atoms with Gasteiger partial charge < -0.3 is 5.32 Å². The zero-order valence-electron chi connectivity index (χ0n) is 10.9. The number of carbonyl (C=O) groups is 1. The second kappa shape index (κ2) is 4.38. The fraction of sp³-hybridized carbons (Fsp3) is 0.929. The van der Waals surface area contributed by atoms with Gasteiger partial charge in [0.15, 0.2) is 0 Å². The normalized spacial score (nSPS) is 39.4. The van der Waals surface area contributed by atoms with Crippen LogP contribution in [0.25, 0.3) is 0 Å². The van der Waals surface area contributed by atoms with Crippen LogP contribution in [0.5, 0.6) is 0 Å². The third kappa shape index (κ3) is 1.99. The molecule has 1 saturated heterocycles. The smallest absolute Gasteiger partial charge is 0.220 e. The Hall–Kier alpha value is -0.530. The number of carbonyl (C=O) groups excluding carboxylic acids is 1. The molecule has 2 heteroatoms. The van der Waals surface area contributed by atoms with Gasteiger partial charge in [0, 0.05) is 17.9 Å². The number of hydrogen-bond acceptors (Lipinski definition) is 1. The molecule has 0 aromatic heterocycles. The maximum Gasteiger partial charge on any atom is 0.220 e. The van der Waals surface area contributed by atoms with E-state index in [4.69, 9.17) is 0 Å². The summed E-state index contributed by atoms with van der Waals surface area (Å²) in [5, 5.41) is 3.24. The molecule has 3 atom stereocenters. The quantitative estimate of drug-likeness (QED) is 0.765. The first kappa shape index (κ1) is 11.9. The van der Waals surface area contributed by atoms with Crippen molar-refractivity contribution in [2.45, 2.75) is 65.3 Å². The average Bonchev–Trinajstić information content (AvgIpc) is 2.48. The lowest BCUT2D eigenvalue weighted by Crippen LogP contribution is -2.44. The number of nitrogens with one attached hydrogen (secondary N) is 1. The molecule has 2 aliphatic rings. The molecular formula is C14H25NO. The van der Waals surface area contributed by atoms with Gasteiger partial charge in [-0.05, 0) is 24.7 Å². The molecule has 2 nitrogen and oxygen atoms in total. The van der Waals surface area contributed by atoms with E-state index < -0.39 is 0 Å². The van der Waals surface area contributed by atoms with Crippen molar-refractivity contribution in [3.8, 4) is 0 Å². The Bertz CT molecular complexity index is 274. The van der Waals surface area contributed by atoms with Crippen molar-refractivity contribution in [2.75, 3.05) is 0 Å². The SMILES string of the molecule is CC(C)CC1NC(=O)CC12CCCCC2C. The monoisotopic (exact) mass is 223 g/mol. The summed E-state index contributed by atoms with van der Waals surface area (Å²) < 4.78 is 0. The van der Waals surface area contributed by atoms with Gasteiger partial charge in [0.1, 0.15) is 0 Å². The van der Waals surface area contributed by atoms with E-state index in [0.717, 1.165) is 12.8 Å². The Balaban J connectivity index is 2.18. The van der Waals surface area contributed by atoms with E-state index in [1.165, 1.54) is 25.7 Å². The second-order valence-electron chi connectivity index (χ2n) is 6.31. The minimum Gasteiger partial charge on any atom is -0.353 e. The first-order valence-electron chi connectivity index (χ1n) is 6.84. The molecular weight excluding hydrogens is 198 g/mol. The maximum atomic E-state index is 11.7. The minimum atomic E-state index is 0.291. The summed E-state index contributed by atoms with van der Waals surface area (Å²) >= 11 is 0. The topological polar surface area (TPSA) is 29.1 Å². The summed E-state index contributed by atoms with van der Waals surface area (Å²) in [5.41, 5.74) is 0.291. The van der Waals surface area contributed by atoms with Crippen LogP contribution in [-0.4, -0.2) is 11.9 Å². The molecule has 1 saturated carbocycles. The molecule has 16 heavy (non-hydrogen) atoms. The molecule has 1 aliphatic carbocycles. The molecule has 0 aromatic carbocycles. The highest BCUT2D eigenvalue weighted by Gasteiger charge is 2.50. The highest BCUT2D eigenvalue weighted by atomic mass is 16.2. The molecule has 0 radical (unpaired) electrons.